The maximum absolute atomic E-state index is 12.1. The fraction of sp³-hybridized carbons (Fsp3) is 0.700. The first-order valence-corrected chi connectivity index (χ1v) is 9.91. The van der Waals surface area contributed by atoms with Crippen molar-refractivity contribution in [2.24, 2.45) is 0 Å². The number of carbonyl (C=O) groups is 1. The van der Waals surface area contributed by atoms with Crippen LogP contribution in [0.25, 0.3) is 0 Å². The maximum Gasteiger partial charge on any atom is 0.220 e. The molecule has 1 aromatic rings. The van der Waals surface area contributed by atoms with Gasteiger partial charge in [0, 0.05) is 38.8 Å². The maximum atomic E-state index is 12.1. The Labute approximate surface area is 152 Å². The number of nitrogens with one attached hydrogen (secondary N) is 1. The minimum absolute atomic E-state index is 0.149. The summed E-state index contributed by atoms with van der Waals surface area (Å²) in [6, 6.07) is 4.12. The van der Waals surface area contributed by atoms with Crippen molar-refractivity contribution in [2.75, 3.05) is 44.2 Å². The first-order chi connectivity index (χ1) is 12.2. The van der Waals surface area contributed by atoms with E-state index in [1.54, 1.807) is 0 Å². The van der Waals surface area contributed by atoms with E-state index in [0.29, 0.717) is 6.42 Å². The smallest absolute Gasteiger partial charge is 0.220 e. The number of amides is 1. The number of nitrogens with zero attached hydrogens (tertiary/aromatic N) is 3. The summed E-state index contributed by atoms with van der Waals surface area (Å²) < 4.78 is 0. The molecule has 0 spiro atoms. The molecule has 5 heteroatoms. The zero-order valence-corrected chi connectivity index (χ0v) is 16.0. The number of aryl methyl sites for hydroxylation is 1. The van der Waals surface area contributed by atoms with Gasteiger partial charge in [-0.15, -0.1) is 0 Å². The lowest BCUT2D eigenvalue weighted by Crippen LogP contribution is -2.35. The van der Waals surface area contributed by atoms with Crippen LogP contribution in [0, 0.1) is 0 Å². The van der Waals surface area contributed by atoms with Crippen molar-refractivity contribution in [2.45, 2.75) is 52.4 Å². The van der Waals surface area contributed by atoms with Crippen LogP contribution < -0.4 is 10.2 Å². The Kier molecular flexibility index (Phi) is 8.73. The van der Waals surface area contributed by atoms with E-state index in [0.717, 1.165) is 38.4 Å². The van der Waals surface area contributed by atoms with Gasteiger partial charge >= 0.3 is 0 Å². The highest BCUT2D eigenvalue weighted by Crippen LogP contribution is 2.13. The number of aromatic nitrogens is 1. The zero-order valence-electron chi connectivity index (χ0n) is 16.0. The number of rotatable bonds is 9. The molecule has 25 heavy (non-hydrogen) atoms. The third-order valence-corrected chi connectivity index (χ3v) is 4.99. The van der Waals surface area contributed by atoms with Gasteiger partial charge in [0.05, 0.1) is 0 Å². The quantitative estimate of drug-likeness (QED) is 0.747. The Morgan fingerprint density at radius 2 is 1.92 bits per heavy atom. The zero-order chi connectivity index (χ0) is 17.9. The average Bonchev–Trinajstić information content (AvgIpc) is 2.90. The van der Waals surface area contributed by atoms with Crippen LogP contribution in [-0.2, 0) is 11.2 Å². The molecule has 1 aromatic heterocycles. The van der Waals surface area contributed by atoms with Gasteiger partial charge in [0.2, 0.25) is 5.91 Å². The summed E-state index contributed by atoms with van der Waals surface area (Å²) in [6.07, 6.45) is 8.46. The lowest BCUT2D eigenvalue weighted by Gasteiger charge is -2.20. The summed E-state index contributed by atoms with van der Waals surface area (Å²) in [7, 11) is 0. The van der Waals surface area contributed by atoms with Crippen LogP contribution in [-0.4, -0.2) is 55.1 Å². The van der Waals surface area contributed by atoms with Crippen molar-refractivity contribution in [3.63, 3.8) is 0 Å². The highest BCUT2D eigenvalue weighted by Gasteiger charge is 2.10. The molecular weight excluding hydrogens is 312 g/mol. The van der Waals surface area contributed by atoms with Crippen molar-refractivity contribution in [3.8, 4) is 0 Å². The monoisotopic (exact) mass is 346 g/mol. The molecule has 1 fully saturated rings. The van der Waals surface area contributed by atoms with Gasteiger partial charge < -0.3 is 15.1 Å². The van der Waals surface area contributed by atoms with Crippen LogP contribution in [0.3, 0.4) is 0 Å². The number of pyridine rings is 1. The molecule has 1 amide bonds. The van der Waals surface area contributed by atoms with E-state index >= 15 is 0 Å². The lowest BCUT2D eigenvalue weighted by atomic mass is 10.1. The van der Waals surface area contributed by atoms with Crippen molar-refractivity contribution in [3.05, 3.63) is 23.9 Å². The minimum Gasteiger partial charge on any atom is -0.357 e. The molecule has 1 aliphatic heterocycles. The average molecular weight is 347 g/mol. The van der Waals surface area contributed by atoms with Gasteiger partial charge in [-0.25, -0.2) is 4.98 Å². The number of likely N-dealkylation sites (tertiary alicyclic amines) is 1. The topological polar surface area (TPSA) is 48.5 Å². The molecule has 1 aliphatic rings. The standard InChI is InChI=1S/C20H34N4O/c1-3-24(4-2)19-17-18(11-12-21-19)9-10-20(25)22-13-16-23-14-7-5-6-8-15-23/h11-12,17H,3-10,13-16H2,1-2H3,(H,22,25). The van der Waals surface area contributed by atoms with Crippen molar-refractivity contribution < 1.29 is 4.79 Å². The second-order valence-electron chi connectivity index (χ2n) is 6.80. The molecule has 0 aliphatic carbocycles. The Hall–Kier alpha value is -1.62. The highest BCUT2D eigenvalue weighted by atomic mass is 16.1. The summed E-state index contributed by atoms with van der Waals surface area (Å²) >= 11 is 0. The van der Waals surface area contributed by atoms with Crippen molar-refractivity contribution >= 4 is 11.7 Å². The van der Waals surface area contributed by atoms with E-state index in [2.05, 4.69) is 40.0 Å². The number of hydrogen-bond donors (Lipinski definition) is 1. The molecular formula is C20H34N4O. The fourth-order valence-corrected chi connectivity index (χ4v) is 3.40. The van der Waals surface area contributed by atoms with Crippen molar-refractivity contribution in [1.82, 2.24) is 15.2 Å². The van der Waals surface area contributed by atoms with Gasteiger partial charge in [0.25, 0.3) is 0 Å². The van der Waals surface area contributed by atoms with E-state index in [1.165, 1.54) is 44.3 Å². The second-order valence-corrected chi connectivity index (χ2v) is 6.80. The summed E-state index contributed by atoms with van der Waals surface area (Å²) in [5, 5.41) is 3.07. The molecule has 1 saturated heterocycles. The molecule has 140 valence electrons. The minimum atomic E-state index is 0.149. The molecule has 1 N–H and O–H groups in total. The van der Waals surface area contributed by atoms with Gasteiger partial charge in [-0.1, -0.05) is 12.8 Å². The van der Waals surface area contributed by atoms with E-state index in [1.807, 2.05) is 12.3 Å². The van der Waals surface area contributed by atoms with E-state index in [9.17, 15) is 4.79 Å². The van der Waals surface area contributed by atoms with Gasteiger partial charge in [-0.2, -0.15) is 0 Å². The third kappa shape index (κ3) is 7.02. The van der Waals surface area contributed by atoms with Crippen molar-refractivity contribution in [1.29, 1.82) is 0 Å². The molecule has 5 nitrogen and oxygen atoms in total. The predicted octanol–water partition coefficient (Wildman–Crippen LogP) is 2.85. The molecule has 0 saturated carbocycles. The van der Waals surface area contributed by atoms with Crippen LogP contribution >= 0.6 is 0 Å². The highest BCUT2D eigenvalue weighted by molar-refractivity contribution is 5.76. The number of anilines is 1. The van der Waals surface area contributed by atoms with Crippen LogP contribution in [0.4, 0.5) is 5.82 Å². The SMILES string of the molecule is CCN(CC)c1cc(CCC(=O)NCCN2CCCCCC2)ccn1. The summed E-state index contributed by atoms with van der Waals surface area (Å²) in [6.45, 7) is 10.3. The summed E-state index contributed by atoms with van der Waals surface area (Å²) in [5.74, 6) is 1.15. The largest absolute Gasteiger partial charge is 0.357 e. The first kappa shape index (κ1) is 19.7. The van der Waals surface area contributed by atoms with Crippen LogP contribution in [0.15, 0.2) is 18.3 Å². The number of carbonyl (C=O) groups excluding carboxylic acids is 1. The molecule has 2 heterocycles. The Morgan fingerprint density at radius 1 is 1.20 bits per heavy atom. The fourth-order valence-electron chi connectivity index (χ4n) is 3.40. The molecule has 0 aromatic carbocycles. The predicted molar refractivity (Wildman–Crippen MR) is 104 cm³/mol. The van der Waals surface area contributed by atoms with Gasteiger partial charge in [-0.05, 0) is 63.9 Å². The lowest BCUT2D eigenvalue weighted by molar-refractivity contribution is -0.121. The number of hydrogen-bond acceptors (Lipinski definition) is 4. The first-order valence-electron chi connectivity index (χ1n) is 9.91. The third-order valence-electron chi connectivity index (χ3n) is 4.99. The summed E-state index contributed by atoms with van der Waals surface area (Å²) in [5.41, 5.74) is 1.18. The Balaban J connectivity index is 1.70. The molecule has 0 unspecified atom stereocenters. The summed E-state index contributed by atoms with van der Waals surface area (Å²) in [4.78, 5) is 21.2. The van der Waals surface area contributed by atoms with E-state index < -0.39 is 0 Å². The van der Waals surface area contributed by atoms with Crippen LogP contribution in [0.2, 0.25) is 0 Å². The second kappa shape index (κ2) is 11.1. The van der Waals surface area contributed by atoms with E-state index in [-0.39, 0.29) is 5.91 Å². The Bertz CT molecular complexity index is 508. The van der Waals surface area contributed by atoms with Gasteiger partial charge in [0.15, 0.2) is 0 Å². The van der Waals surface area contributed by atoms with E-state index in [4.69, 9.17) is 0 Å². The molecule has 0 bridgehead atoms. The van der Waals surface area contributed by atoms with Gasteiger partial charge in [-0.3, -0.25) is 4.79 Å². The molecule has 0 atom stereocenters. The van der Waals surface area contributed by atoms with Gasteiger partial charge in [0.1, 0.15) is 5.82 Å². The molecule has 0 radical (unpaired) electrons. The Morgan fingerprint density at radius 3 is 2.60 bits per heavy atom. The molecule has 2 rings (SSSR count). The van der Waals surface area contributed by atoms with Crippen LogP contribution in [0.1, 0.15) is 51.5 Å². The van der Waals surface area contributed by atoms with Crippen LogP contribution in [0.5, 0.6) is 0 Å². The normalized spacial score (nSPS) is 15.6.